The van der Waals surface area contributed by atoms with Crippen molar-refractivity contribution < 1.29 is 4.39 Å². The molecule has 1 aromatic heterocycles. The monoisotopic (exact) mass is 252 g/mol. The molecule has 0 radical (unpaired) electrons. The third-order valence-electron chi connectivity index (χ3n) is 2.28. The van der Waals surface area contributed by atoms with Crippen molar-refractivity contribution in [3.05, 3.63) is 41.0 Å². The van der Waals surface area contributed by atoms with Gasteiger partial charge in [0.1, 0.15) is 11.6 Å². The van der Waals surface area contributed by atoms with E-state index >= 15 is 0 Å². The smallest absolute Gasteiger partial charge is 0.208 e. The minimum atomic E-state index is -0.220. The van der Waals surface area contributed by atoms with E-state index in [9.17, 15) is 4.39 Å². The molecule has 3 N–H and O–H groups in total. The Labute approximate surface area is 103 Å². The third kappa shape index (κ3) is 3.04. The maximum Gasteiger partial charge on any atom is 0.208 e. The Morgan fingerprint density at radius 3 is 2.94 bits per heavy atom. The molecule has 0 saturated heterocycles. The normalized spacial score (nSPS) is 10.8. The molecular weight excluding hydrogens is 239 g/mol. The van der Waals surface area contributed by atoms with Crippen LogP contribution in [-0.4, -0.2) is 15.2 Å². The fourth-order valence-corrected chi connectivity index (χ4v) is 2.21. The molecule has 2 rings (SSSR count). The number of halogens is 1. The molecular formula is C11H13FN4S. The van der Waals surface area contributed by atoms with Crippen LogP contribution < -0.4 is 5.73 Å². The number of nitrogens with zero attached hydrogens (tertiary/aromatic N) is 2. The van der Waals surface area contributed by atoms with Gasteiger partial charge in [0.05, 0.1) is 0 Å². The van der Waals surface area contributed by atoms with E-state index in [2.05, 4.69) is 15.2 Å². The van der Waals surface area contributed by atoms with Gasteiger partial charge in [-0.2, -0.15) is 0 Å². The molecule has 0 aliphatic rings. The predicted molar refractivity (Wildman–Crippen MR) is 65.0 cm³/mol. The molecule has 90 valence electrons. The number of H-pyrrole nitrogens is 1. The highest BCUT2D eigenvalue weighted by Gasteiger charge is 2.06. The van der Waals surface area contributed by atoms with Crippen molar-refractivity contribution in [2.75, 3.05) is 0 Å². The molecule has 1 heterocycles. The number of hydrogen-bond donors (Lipinski definition) is 2. The van der Waals surface area contributed by atoms with Crippen LogP contribution in [0.3, 0.4) is 0 Å². The molecule has 17 heavy (non-hydrogen) atoms. The second kappa shape index (κ2) is 5.29. The van der Waals surface area contributed by atoms with Crippen LogP contribution in [-0.2, 0) is 12.3 Å². The first kappa shape index (κ1) is 12.1. The number of nitrogens with two attached hydrogens (primary N) is 1. The maximum atomic E-state index is 13.5. The van der Waals surface area contributed by atoms with Gasteiger partial charge in [-0.1, -0.05) is 23.9 Å². The summed E-state index contributed by atoms with van der Waals surface area (Å²) < 4.78 is 13.5. The quantitative estimate of drug-likeness (QED) is 0.817. The number of aromatic amines is 1. The average molecular weight is 252 g/mol. The Kier molecular flexibility index (Phi) is 3.75. The molecule has 1 aromatic carbocycles. The van der Waals surface area contributed by atoms with Gasteiger partial charge in [-0.15, -0.1) is 5.10 Å². The van der Waals surface area contributed by atoms with Crippen LogP contribution in [0.5, 0.6) is 0 Å². The fraction of sp³-hybridized carbons (Fsp3) is 0.273. The fourth-order valence-electron chi connectivity index (χ4n) is 1.39. The highest BCUT2D eigenvalue weighted by Crippen LogP contribution is 2.21. The minimum Gasteiger partial charge on any atom is -0.326 e. The van der Waals surface area contributed by atoms with Gasteiger partial charge in [0.25, 0.3) is 0 Å². The number of thioether (sulfide) groups is 1. The first-order valence-electron chi connectivity index (χ1n) is 5.18. The van der Waals surface area contributed by atoms with Gasteiger partial charge < -0.3 is 5.73 Å². The van der Waals surface area contributed by atoms with E-state index in [4.69, 9.17) is 5.73 Å². The first-order valence-corrected chi connectivity index (χ1v) is 6.17. The molecule has 0 atom stereocenters. The van der Waals surface area contributed by atoms with Gasteiger partial charge in [-0.3, -0.25) is 5.10 Å². The van der Waals surface area contributed by atoms with Gasteiger partial charge in [-0.25, -0.2) is 9.37 Å². The summed E-state index contributed by atoms with van der Waals surface area (Å²) in [5.41, 5.74) is 7.07. The van der Waals surface area contributed by atoms with Crippen molar-refractivity contribution in [2.24, 2.45) is 5.73 Å². The Morgan fingerprint density at radius 1 is 1.47 bits per heavy atom. The molecule has 0 saturated carbocycles. The van der Waals surface area contributed by atoms with Crippen LogP contribution in [0.2, 0.25) is 0 Å². The summed E-state index contributed by atoms with van der Waals surface area (Å²) in [6.07, 6.45) is 0. The van der Waals surface area contributed by atoms with Crippen molar-refractivity contribution >= 4 is 11.8 Å². The van der Waals surface area contributed by atoms with Gasteiger partial charge in [0.15, 0.2) is 0 Å². The van der Waals surface area contributed by atoms with E-state index in [0.29, 0.717) is 23.0 Å². The zero-order valence-corrected chi connectivity index (χ0v) is 10.2. The van der Waals surface area contributed by atoms with E-state index in [-0.39, 0.29) is 5.82 Å². The first-order chi connectivity index (χ1) is 8.19. The summed E-state index contributed by atoms with van der Waals surface area (Å²) in [7, 11) is 0. The molecule has 0 aliphatic carbocycles. The van der Waals surface area contributed by atoms with Crippen molar-refractivity contribution in [1.29, 1.82) is 0 Å². The standard InChI is InChI=1S/C11H13FN4S/c1-7-14-11(16-15-7)17-6-9-4-8(5-13)2-3-10(9)12/h2-4H,5-6,13H2,1H3,(H,14,15,16). The Hall–Kier alpha value is -1.40. The predicted octanol–water partition coefficient (Wildman–Crippen LogP) is 2.00. The average Bonchev–Trinajstić information content (AvgIpc) is 2.74. The number of hydrogen-bond acceptors (Lipinski definition) is 4. The Morgan fingerprint density at radius 2 is 2.29 bits per heavy atom. The lowest BCUT2D eigenvalue weighted by molar-refractivity contribution is 0.616. The van der Waals surface area contributed by atoms with Crippen molar-refractivity contribution in [1.82, 2.24) is 15.2 Å². The number of aromatic nitrogens is 3. The number of rotatable bonds is 4. The SMILES string of the molecule is Cc1nc(SCc2cc(CN)ccc2F)n[nH]1. The van der Waals surface area contributed by atoms with Crippen LogP contribution in [0.15, 0.2) is 23.4 Å². The van der Waals surface area contributed by atoms with E-state index in [1.54, 1.807) is 12.1 Å². The number of nitrogens with one attached hydrogen (secondary N) is 1. The molecule has 0 unspecified atom stereocenters. The van der Waals surface area contributed by atoms with Crippen LogP contribution >= 0.6 is 11.8 Å². The summed E-state index contributed by atoms with van der Waals surface area (Å²) in [6.45, 7) is 2.24. The van der Waals surface area contributed by atoms with Gasteiger partial charge in [0.2, 0.25) is 5.16 Å². The highest BCUT2D eigenvalue weighted by atomic mass is 32.2. The van der Waals surface area contributed by atoms with Gasteiger partial charge >= 0.3 is 0 Å². The van der Waals surface area contributed by atoms with Crippen molar-refractivity contribution in [3.8, 4) is 0 Å². The maximum absolute atomic E-state index is 13.5. The summed E-state index contributed by atoms with van der Waals surface area (Å²) >= 11 is 1.39. The Bertz CT molecular complexity index is 512. The number of aryl methyl sites for hydroxylation is 1. The lowest BCUT2D eigenvalue weighted by Crippen LogP contribution is -1.98. The minimum absolute atomic E-state index is 0.220. The summed E-state index contributed by atoms with van der Waals surface area (Å²) in [6, 6.07) is 4.92. The number of benzene rings is 1. The second-order valence-corrected chi connectivity index (χ2v) is 4.56. The molecule has 2 aromatic rings. The zero-order valence-electron chi connectivity index (χ0n) is 9.40. The Balaban J connectivity index is 2.07. The van der Waals surface area contributed by atoms with E-state index < -0.39 is 0 Å². The molecule has 6 heteroatoms. The molecule has 0 amide bonds. The summed E-state index contributed by atoms with van der Waals surface area (Å²) in [4.78, 5) is 4.15. The van der Waals surface area contributed by atoms with E-state index in [1.807, 2.05) is 6.92 Å². The molecule has 0 spiro atoms. The third-order valence-corrected chi connectivity index (χ3v) is 3.18. The topological polar surface area (TPSA) is 67.6 Å². The van der Waals surface area contributed by atoms with Crippen molar-refractivity contribution in [2.45, 2.75) is 24.4 Å². The van der Waals surface area contributed by atoms with Crippen LogP contribution in [0.25, 0.3) is 0 Å². The van der Waals surface area contributed by atoms with Gasteiger partial charge in [-0.05, 0) is 24.1 Å². The van der Waals surface area contributed by atoms with E-state index in [1.165, 1.54) is 17.8 Å². The van der Waals surface area contributed by atoms with Crippen molar-refractivity contribution in [3.63, 3.8) is 0 Å². The summed E-state index contributed by atoms with van der Waals surface area (Å²) in [5.74, 6) is 1.03. The van der Waals surface area contributed by atoms with Crippen LogP contribution in [0.1, 0.15) is 17.0 Å². The lowest BCUT2D eigenvalue weighted by Gasteiger charge is -2.03. The second-order valence-electron chi connectivity index (χ2n) is 3.62. The van der Waals surface area contributed by atoms with Crippen LogP contribution in [0, 0.1) is 12.7 Å². The van der Waals surface area contributed by atoms with E-state index in [0.717, 1.165) is 11.4 Å². The molecule has 0 bridgehead atoms. The zero-order chi connectivity index (χ0) is 12.3. The van der Waals surface area contributed by atoms with Crippen LogP contribution in [0.4, 0.5) is 4.39 Å². The molecule has 4 nitrogen and oxygen atoms in total. The largest absolute Gasteiger partial charge is 0.326 e. The van der Waals surface area contributed by atoms with Gasteiger partial charge in [0, 0.05) is 12.3 Å². The highest BCUT2D eigenvalue weighted by molar-refractivity contribution is 7.98. The summed E-state index contributed by atoms with van der Waals surface area (Å²) in [5, 5.41) is 7.35. The molecule has 0 aliphatic heterocycles. The lowest BCUT2D eigenvalue weighted by atomic mass is 10.1. The molecule has 0 fully saturated rings.